The summed E-state index contributed by atoms with van der Waals surface area (Å²) >= 11 is 0. The molecule has 1 aromatic carbocycles. The van der Waals surface area contributed by atoms with Crippen molar-refractivity contribution in [2.24, 2.45) is 4.99 Å². The van der Waals surface area contributed by atoms with Crippen LogP contribution in [0, 0.1) is 5.82 Å². The molecule has 2 rings (SSSR count). The third-order valence-corrected chi connectivity index (χ3v) is 4.39. The second-order valence-corrected chi connectivity index (χ2v) is 6.96. The van der Waals surface area contributed by atoms with Crippen LogP contribution in [0.2, 0.25) is 0 Å². The van der Waals surface area contributed by atoms with Gasteiger partial charge in [-0.25, -0.2) is 4.39 Å². The van der Waals surface area contributed by atoms with Crippen LogP contribution in [0.15, 0.2) is 29.3 Å². The molecule has 0 radical (unpaired) electrons. The number of halogens is 2. The molecule has 7 heteroatoms. The van der Waals surface area contributed by atoms with Crippen LogP contribution in [0.4, 0.5) is 4.39 Å². The first kappa shape index (κ1) is 23.1. The van der Waals surface area contributed by atoms with Crippen LogP contribution in [0.1, 0.15) is 32.3 Å². The van der Waals surface area contributed by atoms with E-state index in [1.807, 2.05) is 6.07 Å². The Kier molecular flexibility index (Phi) is 10.4. The van der Waals surface area contributed by atoms with E-state index in [9.17, 15) is 4.39 Å². The van der Waals surface area contributed by atoms with E-state index in [1.165, 1.54) is 6.07 Å². The zero-order valence-corrected chi connectivity index (χ0v) is 18.2. The van der Waals surface area contributed by atoms with Crippen LogP contribution >= 0.6 is 24.0 Å². The number of hydrogen-bond acceptors (Lipinski definition) is 3. The number of hydrogen-bond donors (Lipinski definition) is 2. The van der Waals surface area contributed by atoms with E-state index < -0.39 is 0 Å². The first-order valence-corrected chi connectivity index (χ1v) is 8.91. The SMILES string of the molecule is CN=C(NCCOCC1CCCO1)NCC(C)(C)c1cccc(F)c1.I. The van der Waals surface area contributed by atoms with Crippen LogP contribution in [0.3, 0.4) is 0 Å². The minimum atomic E-state index is -0.212. The summed E-state index contributed by atoms with van der Waals surface area (Å²) in [5.74, 6) is 0.502. The van der Waals surface area contributed by atoms with Crippen LogP contribution < -0.4 is 10.6 Å². The smallest absolute Gasteiger partial charge is 0.191 e. The van der Waals surface area contributed by atoms with Gasteiger partial charge >= 0.3 is 0 Å². The average molecular weight is 479 g/mol. The minimum Gasteiger partial charge on any atom is -0.377 e. The van der Waals surface area contributed by atoms with Crippen LogP contribution in [-0.4, -0.2) is 52.0 Å². The minimum absolute atomic E-state index is 0. The molecular weight excluding hydrogens is 448 g/mol. The molecule has 0 saturated carbocycles. The zero-order valence-electron chi connectivity index (χ0n) is 15.9. The van der Waals surface area contributed by atoms with Gasteiger partial charge in [-0.2, -0.15) is 0 Å². The van der Waals surface area contributed by atoms with Crippen molar-refractivity contribution in [1.29, 1.82) is 0 Å². The Labute approximate surface area is 173 Å². The van der Waals surface area contributed by atoms with Crippen molar-refractivity contribution < 1.29 is 13.9 Å². The van der Waals surface area contributed by atoms with Gasteiger partial charge < -0.3 is 20.1 Å². The number of benzene rings is 1. The van der Waals surface area contributed by atoms with Crippen molar-refractivity contribution in [3.8, 4) is 0 Å². The molecule has 1 aliphatic rings. The molecule has 1 fully saturated rings. The molecule has 0 bridgehead atoms. The second-order valence-electron chi connectivity index (χ2n) is 6.96. The molecule has 1 unspecified atom stereocenters. The van der Waals surface area contributed by atoms with Crippen molar-refractivity contribution in [1.82, 2.24) is 10.6 Å². The summed E-state index contributed by atoms with van der Waals surface area (Å²) in [4.78, 5) is 4.22. The van der Waals surface area contributed by atoms with E-state index in [0.717, 1.165) is 25.0 Å². The predicted molar refractivity (Wildman–Crippen MR) is 114 cm³/mol. The molecule has 0 spiro atoms. The monoisotopic (exact) mass is 479 g/mol. The van der Waals surface area contributed by atoms with Gasteiger partial charge in [0.25, 0.3) is 0 Å². The molecule has 0 aliphatic carbocycles. The number of nitrogens with zero attached hydrogens (tertiary/aromatic N) is 1. The lowest BCUT2D eigenvalue weighted by atomic mass is 9.84. The molecule has 0 aromatic heterocycles. The molecule has 1 aromatic rings. The maximum atomic E-state index is 13.4. The van der Waals surface area contributed by atoms with Gasteiger partial charge in [0.2, 0.25) is 0 Å². The third-order valence-electron chi connectivity index (χ3n) is 4.39. The quantitative estimate of drug-likeness (QED) is 0.261. The van der Waals surface area contributed by atoms with Gasteiger partial charge in [0.05, 0.1) is 19.3 Å². The fraction of sp³-hybridized carbons (Fsp3) is 0.632. The summed E-state index contributed by atoms with van der Waals surface area (Å²) in [5, 5.41) is 6.53. The van der Waals surface area contributed by atoms with Crippen molar-refractivity contribution in [2.45, 2.75) is 38.2 Å². The summed E-state index contributed by atoms with van der Waals surface area (Å²) in [6.45, 7) is 7.58. The molecule has 1 atom stereocenters. The number of aliphatic imine (C=N–C) groups is 1. The van der Waals surface area contributed by atoms with Crippen molar-refractivity contribution in [3.05, 3.63) is 35.6 Å². The lowest BCUT2D eigenvalue weighted by Gasteiger charge is -2.27. The van der Waals surface area contributed by atoms with E-state index >= 15 is 0 Å². The van der Waals surface area contributed by atoms with E-state index in [0.29, 0.717) is 32.3 Å². The largest absolute Gasteiger partial charge is 0.377 e. The Bertz CT molecular complexity index is 563. The normalized spacial score (nSPS) is 17.7. The number of rotatable bonds is 8. The second kappa shape index (κ2) is 11.7. The zero-order chi connectivity index (χ0) is 18.1. The fourth-order valence-electron chi connectivity index (χ4n) is 2.77. The molecule has 1 aliphatic heterocycles. The molecule has 1 saturated heterocycles. The van der Waals surface area contributed by atoms with E-state index in [2.05, 4.69) is 29.5 Å². The fourth-order valence-corrected chi connectivity index (χ4v) is 2.77. The highest BCUT2D eigenvalue weighted by Crippen LogP contribution is 2.22. The molecule has 0 amide bonds. The summed E-state index contributed by atoms with van der Waals surface area (Å²) < 4.78 is 24.6. The average Bonchev–Trinajstić information content (AvgIpc) is 3.10. The Morgan fingerprint density at radius 3 is 2.85 bits per heavy atom. The van der Waals surface area contributed by atoms with Crippen molar-refractivity contribution in [2.75, 3.05) is 40.0 Å². The molecule has 2 N–H and O–H groups in total. The summed E-state index contributed by atoms with van der Waals surface area (Å²) in [6, 6.07) is 6.73. The van der Waals surface area contributed by atoms with E-state index in [1.54, 1.807) is 19.2 Å². The van der Waals surface area contributed by atoms with Crippen LogP contribution in [0.25, 0.3) is 0 Å². The van der Waals surface area contributed by atoms with Gasteiger partial charge in [0.1, 0.15) is 5.82 Å². The molecule has 1 heterocycles. The Balaban J connectivity index is 0.00000338. The van der Waals surface area contributed by atoms with Crippen molar-refractivity contribution in [3.63, 3.8) is 0 Å². The molecule has 148 valence electrons. The topological polar surface area (TPSA) is 54.9 Å². The van der Waals surface area contributed by atoms with Gasteiger partial charge in [0, 0.05) is 32.2 Å². The van der Waals surface area contributed by atoms with Gasteiger partial charge in [-0.1, -0.05) is 26.0 Å². The molecule has 26 heavy (non-hydrogen) atoms. The standard InChI is InChI=1S/C19H30FN3O2.HI/c1-19(2,15-6-4-7-16(20)12-15)14-23-18(21-3)22-9-11-24-13-17-8-5-10-25-17;/h4,6-7,12,17H,5,8-11,13-14H2,1-3H3,(H2,21,22,23);1H. The number of nitrogens with one attached hydrogen (secondary N) is 2. The van der Waals surface area contributed by atoms with Crippen LogP contribution in [-0.2, 0) is 14.9 Å². The van der Waals surface area contributed by atoms with Gasteiger partial charge in [-0.3, -0.25) is 4.99 Å². The maximum absolute atomic E-state index is 13.4. The predicted octanol–water partition coefficient (Wildman–Crippen LogP) is 3.08. The van der Waals surface area contributed by atoms with Crippen molar-refractivity contribution >= 4 is 29.9 Å². The molecule has 5 nitrogen and oxygen atoms in total. The van der Waals surface area contributed by atoms with Gasteiger partial charge in [-0.15, -0.1) is 24.0 Å². The Morgan fingerprint density at radius 2 is 2.19 bits per heavy atom. The highest BCUT2D eigenvalue weighted by atomic mass is 127. The van der Waals surface area contributed by atoms with Crippen LogP contribution in [0.5, 0.6) is 0 Å². The van der Waals surface area contributed by atoms with E-state index in [-0.39, 0.29) is 41.3 Å². The lowest BCUT2D eigenvalue weighted by Crippen LogP contribution is -2.44. The highest BCUT2D eigenvalue weighted by Gasteiger charge is 2.21. The highest BCUT2D eigenvalue weighted by molar-refractivity contribution is 14.0. The maximum Gasteiger partial charge on any atom is 0.191 e. The first-order chi connectivity index (χ1) is 12.0. The summed E-state index contributed by atoms with van der Waals surface area (Å²) in [7, 11) is 1.73. The Hall–Kier alpha value is -0.930. The summed E-state index contributed by atoms with van der Waals surface area (Å²) in [6.07, 6.45) is 2.47. The third kappa shape index (κ3) is 7.75. The van der Waals surface area contributed by atoms with Gasteiger partial charge in [-0.05, 0) is 30.5 Å². The summed E-state index contributed by atoms with van der Waals surface area (Å²) in [5.41, 5.74) is 0.742. The first-order valence-electron chi connectivity index (χ1n) is 8.91. The number of guanidine groups is 1. The van der Waals surface area contributed by atoms with Gasteiger partial charge in [0.15, 0.2) is 5.96 Å². The molecular formula is C19H31FIN3O2. The Morgan fingerprint density at radius 1 is 1.38 bits per heavy atom. The number of ether oxygens (including phenoxy) is 2. The van der Waals surface area contributed by atoms with E-state index in [4.69, 9.17) is 9.47 Å². The lowest BCUT2D eigenvalue weighted by molar-refractivity contribution is 0.0191.